The standard InChI is InChI=1S/C18H23N3O2/c1-2-21(14-7-3-4-8-14)17(22)11-12-20-13-19-16-10-6-5-9-15(16)18(20)23/h5-6,9-10,13-14H,2-4,7-8,11-12H2,1H3. The van der Waals surface area contributed by atoms with Crippen molar-refractivity contribution in [3.05, 3.63) is 40.9 Å². The number of benzene rings is 1. The van der Waals surface area contributed by atoms with Crippen molar-refractivity contribution in [1.29, 1.82) is 0 Å². The molecule has 0 atom stereocenters. The lowest BCUT2D eigenvalue weighted by atomic mass is 10.2. The van der Waals surface area contributed by atoms with Crippen LogP contribution in [0, 0.1) is 0 Å². The molecule has 1 aromatic heterocycles. The maximum absolute atomic E-state index is 12.5. The predicted molar refractivity (Wildman–Crippen MR) is 90.3 cm³/mol. The van der Waals surface area contributed by atoms with E-state index in [9.17, 15) is 9.59 Å². The van der Waals surface area contributed by atoms with E-state index in [0.29, 0.717) is 29.9 Å². The second kappa shape index (κ2) is 6.94. The van der Waals surface area contributed by atoms with Gasteiger partial charge in [-0.2, -0.15) is 0 Å². The van der Waals surface area contributed by atoms with E-state index in [1.54, 1.807) is 17.0 Å². The molecule has 3 rings (SSSR count). The van der Waals surface area contributed by atoms with Crippen molar-refractivity contribution >= 4 is 16.8 Å². The first kappa shape index (κ1) is 15.7. The summed E-state index contributed by atoms with van der Waals surface area (Å²) in [6.45, 7) is 3.16. The molecule has 0 N–H and O–H groups in total. The third-order valence-electron chi connectivity index (χ3n) is 4.72. The van der Waals surface area contributed by atoms with Gasteiger partial charge in [-0.05, 0) is 31.9 Å². The average Bonchev–Trinajstić information content (AvgIpc) is 3.09. The lowest BCUT2D eigenvalue weighted by molar-refractivity contribution is -0.133. The number of aromatic nitrogens is 2. The van der Waals surface area contributed by atoms with Crippen LogP contribution in [0.1, 0.15) is 39.0 Å². The van der Waals surface area contributed by atoms with Crippen molar-refractivity contribution < 1.29 is 4.79 Å². The largest absolute Gasteiger partial charge is 0.340 e. The topological polar surface area (TPSA) is 55.2 Å². The smallest absolute Gasteiger partial charge is 0.261 e. The van der Waals surface area contributed by atoms with Gasteiger partial charge in [0.2, 0.25) is 5.91 Å². The number of hydrogen-bond donors (Lipinski definition) is 0. The number of carbonyl (C=O) groups is 1. The molecule has 1 saturated carbocycles. The summed E-state index contributed by atoms with van der Waals surface area (Å²) in [7, 11) is 0. The minimum atomic E-state index is -0.0766. The summed E-state index contributed by atoms with van der Waals surface area (Å²) in [4.78, 5) is 31.2. The first-order valence-electron chi connectivity index (χ1n) is 8.44. The quantitative estimate of drug-likeness (QED) is 0.852. The van der Waals surface area contributed by atoms with Gasteiger partial charge in [0.25, 0.3) is 5.56 Å². The molecule has 1 aliphatic rings. The molecule has 0 bridgehead atoms. The summed E-state index contributed by atoms with van der Waals surface area (Å²) in [5.41, 5.74) is 0.619. The van der Waals surface area contributed by atoms with Gasteiger partial charge in [0.15, 0.2) is 0 Å². The number of rotatable bonds is 5. The second-order valence-corrected chi connectivity index (χ2v) is 6.13. The second-order valence-electron chi connectivity index (χ2n) is 6.13. The number of aryl methyl sites for hydroxylation is 1. The van der Waals surface area contributed by atoms with E-state index in [1.807, 2.05) is 30.0 Å². The predicted octanol–water partition coefficient (Wildman–Crippen LogP) is 2.58. The lowest BCUT2D eigenvalue weighted by Gasteiger charge is -2.27. The van der Waals surface area contributed by atoms with Crippen LogP contribution in [0.25, 0.3) is 10.9 Å². The monoisotopic (exact) mass is 313 g/mol. The van der Waals surface area contributed by atoms with Gasteiger partial charge < -0.3 is 4.90 Å². The molecule has 2 aromatic rings. The lowest BCUT2D eigenvalue weighted by Crippen LogP contribution is -2.39. The van der Waals surface area contributed by atoms with Crippen LogP contribution in [0.15, 0.2) is 35.4 Å². The molecule has 1 heterocycles. The summed E-state index contributed by atoms with van der Waals surface area (Å²) in [5, 5.41) is 0.602. The molecule has 0 radical (unpaired) electrons. The van der Waals surface area contributed by atoms with Crippen LogP contribution in [0.3, 0.4) is 0 Å². The number of fused-ring (bicyclic) bond motifs is 1. The van der Waals surface area contributed by atoms with Crippen LogP contribution in [-0.2, 0) is 11.3 Å². The van der Waals surface area contributed by atoms with Gasteiger partial charge in [0.1, 0.15) is 0 Å². The normalized spacial score (nSPS) is 15.2. The zero-order valence-electron chi connectivity index (χ0n) is 13.6. The molecule has 5 nitrogen and oxygen atoms in total. The zero-order chi connectivity index (χ0) is 16.2. The molecule has 0 aliphatic heterocycles. The Kier molecular flexibility index (Phi) is 4.74. The van der Waals surface area contributed by atoms with E-state index in [4.69, 9.17) is 0 Å². The fourth-order valence-electron chi connectivity index (χ4n) is 3.48. The molecule has 0 unspecified atom stereocenters. The molecular weight excluding hydrogens is 290 g/mol. The van der Waals surface area contributed by atoms with Gasteiger partial charge in [-0.1, -0.05) is 25.0 Å². The minimum Gasteiger partial charge on any atom is -0.340 e. The molecule has 1 aromatic carbocycles. The highest BCUT2D eigenvalue weighted by atomic mass is 16.2. The number of hydrogen-bond acceptors (Lipinski definition) is 3. The van der Waals surface area contributed by atoms with Crippen LogP contribution in [0.2, 0.25) is 0 Å². The third-order valence-corrected chi connectivity index (χ3v) is 4.72. The van der Waals surface area contributed by atoms with Crippen LogP contribution >= 0.6 is 0 Å². The maximum Gasteiger partial charge on any atom is 0.261 e. The van der Waals surface area contributed by atoms with E-state index in [0.717, 1.165) is 19.4 Å². The molecule has 1 amide bonds. The summed E-state index contributed by atoms with van der Waals surface area (Å²) in [5.74, 6) is 0.138. The van der Waals surface area contributed by atoms with Crippen molar-refractivity contribution in [2.45, 2.75) is 51.6 Å². The van der Waals surface area contributed by atoms with Gasteiger partial charge in [-0.15, -0.1) is 0 Å². The molecule has 1 aliphatic carbocycles. The van der Waals surface area contributed by atoms with Crippen LogP contribution in [-0.4, -0.2) is 32.9 Å². The molecule has 1 fully saturated rings. The molecule has 23 heavy (non-hydrogen) atoms. The highest BCUT2D eigenvalue weighted by molar-refractivity contribution is 5.77. The Balaban J connectivity index is 1.71. The van der Waals surface area contributed by atoms with Gasteiger partial charge in [0.05, 0.1) is 17.2 Å². The van der Waals surface area contributed by atoms with E-state index in [-0.39, 0.29) is 11.5 Å². The van der Waals surface area contributed by atoms with Crippen molar-refractivity contribution in [3.63, 3.8) is 0 Å². The van der Waals surface area contributed by atoms with Crippen molar-refractivity contribution in [2.24, 2.45) is 0 Å². The number of amides is 1. The van der Waals surface area contributed by atoms with E-state index in [2.05, 4.69) is 4.98 Å². The summed E-state index contributed by atoms with van der Waals surface area (Å²) in [6.07, 6.45) is 6.53. The third kappa shape index (κ3) is 3.28. The van der Waals surface area contributed by atoms with Crippen molar-refractivity contribution in [1.82, 2.24) is 14.5 Å². The highest BCUT2D eigenvalue weighted by Gasteiger charge is 2.25. The molecule has 0 spiro atoms. The Morgan fingerprint density at radius 1 is 1.30 bits per heavy atom. The summed E-state index contributed by atoms with van der Waals surface area (Å²) in [6, 6.07) is 7.69. The summed E-state index contributed by atoms with van der Waals surface area (Å²) < 4.78 is 1.54. The fraction of sp³-hybridized carbons (Fsp3) is 0.500. The first-order valence-corrected chi connectivity index (χ1v) is 8.44. The van der Waals surface area contributed by atoms with Gasteiger partial charge in [0, 0.05) is 25.6 Å². The Bertz CT molecular complexity index is 747. The Morgan fingerprint density at radius 3 is 2.78 bits per heavy atom. The average molecular weight is 313 g/mol. The molecule has 0 saturated heterocycles. The number of carbonyl (C=O) groups excluding carboxylic acids is 1. The number of nitrogens with zero attached hydrogens (tertiary/aromatic N) is 3. The van der Waals surface area contributed by atoms with E-state index < -0.39 is 0 Å². The van der Waals surface area contributed by atoms with Gasteiger partial charge >= 0.3 is 0 Å². The van der Waals surface area contributed by atoms with Gasteiger partial charge in [-0.25, -0.2) is 4.98 Å². The molecule has 5 heteroatoms. The fourth-order valence-corrected chi connectivity index (χ4v) is 3.48. The highest BCUT2D eigenvalue weighted by Crippen LogP contribution is 2.23. The van der Waals surface area contributed by atoms with Crippen LogP contribution < -0.4 is 5.56 Å². The van der Waals surface area contributed by atoms with Crippen LogP contribution in [0.5, 0.6) is 0 Å². The summed E-state index contributed by atoms with van der Waals surface area (Å²) >= 11 is 0. The zero-order valence-corrected chi connectivity index (χ0v) is 13.6. The minimum absolute atomic E-state index is 0.0766. The van der Waals surface area contributed by atoms with Crippen LogP contribution in [0.4, 0.5) is 0 Å². The van der Waals surface area contributed by atoms with E-state index >= 15 is 0 Å². The Labute approximate surface area is 135 Å². The SMILES string of the molecule is CCN(C(=O)CCn1cnc2ccccc2c1=O)C1CCCC1. The molecular formula is C18H23N3O2. The molecule has 122 valence electrons. The van der Waals surface area contributed by atoms with Crippen molar-refractivity contribution in [3.8, 4) is 0 Å². The first-order chi connectivity index (χ1) is 11.2. The van der Waals surface area contributed by atoms with E-state index in [1.165, 1.54) is 12.8 Å². The number of para-hydroxylation sites is 1. The van der Waals surface area contributed by atoms with Crippen molar-refractivity contribution in [2.75, 3.05) is 6.54 Å². The maximum atomic E-state index is 12.5. The van der Waals surface area contributed by atoms with Gasteiger partial charge in [-0.3, -0.25) is 14.2 Å². The Hall–Kier alpha value is -2.17. The Morgan fingerprint density at radius 2 is 2.04 bits per heavy atom.